The predicted molar refractivity (Wildman–Crippen MR) is 124 cm³/mol. The number of hydrogen-bond acceptors (Lipinski definition) is 4. The standard InChI is InChI=1S/C25H37N3O/c1-8-25(29)17(2)23(19-9-13-21(14-10-19)27(4)5)26-24(18(25)3)20-11-15-22(16-12-20)28(6)7/h9-18,23-24,26,29H,8H2,1-7H3/t17-,18+,23-,24-,25?/m1/s1. The number of aliphatic hydroxyl groups is 1. The lowest BCUT2D eigenvalue weighted by molar-refractivity contribution is -0.113. The van der Waals surface area contributed by atoms with Crippen LogP contribution in [0.2, 0.25) is 0 Å². The Hall–Kier alpha value is -2.04. The van der Waals surface area contributed by atoms with Crippen molar-refractivity contribution in [3.63, 3.8) is 0 Å². The van der Waals surface area contributed by atoms with Gasteiger partial charge in [-0.3, -0.25) is 0 Å². The SMILES string of the molecule is CCC1(O)[C@H](C)[C@H](c2ccc(N(C)C)cc2)N[C@@H](c2ccc(N(C)C)cc2)[C@@H]1C. The van der Waals surface area contributed by atoms with E-state index in [0.717, 1.165) is 6.42 Å². The topological polar surface area (TPSA) is 38.7 Å². The zero-order chi connectivity index (χ0) is 21.3. The zero-order valence-electron chi connectivity index (χ0n) is 19.0. The third-order valence-electron chi connectivity index (χ3n) is 7.04. The Balaban J connectivity index is 1.97. The van der Waals surface area contributed by atoms with Crippen LogP contribution in [-0.4, -0.2) is 38.9 Å². The van der Waals surface area contributed by atoms with Crippen LogP contribution in [0.15, 0.2) is 48.5 Å². The fourth-order valence-electron chi connectivity index (χ4n) is 4.85. The van der Waals surface area contributed by atoms with E-state index in [1.807, 2.05) is 0 Å². The molecule has 1 unspecified atom stereocenters. The van der Waals surface area contributed by atoms with Crippen molar-refractivity contribution in [2.45, 2.75) is 44.9 Å². The first kappa shape index (κ1) is 21.7. The monoisotopic (exact) mass is 395 g/mol. The summed E-state index contributed by atoms with van der Waals surface area (Å²) in [4.78, 5) is 4.22. The summed E-state index contributed by atoms with van der Waals surface area (Å²) in [5.41, 5.74) is 4.12. The summed E-state index contributed by atoms with van der Waals surface area (Å²) in [6.07, 6.45) is 0.746. The molecule has 1 heterocycles. The van der Waals surface area contributed by atoms with E-state index in [4.69, 9.17) is 0 Å². The molecule has 5 atom stereocenters. The van der Waals surface area contributed by atoms with Crippen LogP contribution in [0.3, 0.4) is 0 Å². The number of hydrogen-bond donors (Lipinski definition) is 2. The molecular formula is C25H37N3O. The fraction of sp³-hybridized carbons (Fsp3) is 0.520. The Morgan fingerprint density at radius 2 is 1.10 bits per heavy atom. The number of anilines is 2. The molecule has 2 N–H and O–H groups in total. The van der Waals surface area contributed by atoms with Crippen molar-refractivity contribution >= 4 is 11.4 Å². The third-order valence-corrected chi connectivity index (χ3v) is 7.04. The molecule has 1 aliphatic rings. The highest BCUT2D eigenvalue weighted by Gasteiger charge is 2.50. The normalized spacial score (nSPS) is 29.5. The highest BCUT2D eigenvalue weighted by molar-refractivity contribution is 5.48. The minimum absolute atomic E-state index is 0.103. The molecule has 0 saturated carbocycles. The van der Waals surface area contributed by atoms with Crippen molar-refractivity contribution in [2.75, 3.05) is 38.0 Å². The third kappa shape index (κ3) is 4.01. The van der Waals surface area contributed by atoms with Crippen LogP contribution in [0, 0.1) is 11.8 Å². The molecule has 3 rings (SSSR count). The molecule has 1 aliphatic heterocycles. The Bertz CT molecular complexity index is 734. The summed E-state index contributed by atoms with van der Waals surface area (Å²) in [6.45, 7) is 6.47. The maximum absolute atomic E-state index is 11.7. The van der Waals surface area contributed by atoms with Crippen LogP contribution in [0.1, 0.15) is 50.4 Å². The lowest BCUT2D eigenvalue weighted by Gasteiger charge is -2.52. The van der Waals surface area contributed by atoms with Crippen molar-refractivity contribution in [2.24, 2.45) is 11.8 Å². The number of nitrogens with one attached hydrogen (secondary N) is 1. The summed E-state index contributed by atoms with van der Waals surface area (Å²) in [6, 6.07) is 17.6. The second-order valence-corrected chi connectivity index (χ2v) is 9.02. The number of nitrogens with zero attached hydrogens (tertiary/aromatic N) is 2. The lowest BCUT2D eigenvalue weighted by atomic mass is 9.65. The van der Waals surface area contributed by atoms with Crippen molar-refractivity contribution in [1.29, 1.82) is 0 Å². The van der Waals surface area contributed by atoms with Gasteiger partial charge in [-0.2, -0.15) is 0 Å². The Kier molecular flexibility index (Phi) is 6.25. The van der Waals surface area contributed by atoms with Crippen LogP contribution >= 0.6 is 0 Å². The minimum Gasteiger partial charge on any atom is -0.389 e. The van der Waals surface area contributed by atoms with Crippen LogP contribution in [0.5, 0.6) is 0 Å². The first-order chi connectivity index (χ1) is 13.7. The van der Waals surface area contributed by atoms with E-state index in [9.17, 15) is 5.11 Å². The van der Waals surface area contributed by atoms with Gasteiger partial charge in [-0.1, -0.05) is 45.0 Å². The van der Waals surface area contributed by atoms with Gasteiger partial charge < -0.3 is 20.2 Å². The maximum atomic E-state index is 11.7. The summed E-state index contributed by atoms with van der Waals surface area (Å²) < 4.78 is 0. The molecule has 158 valence electrons. The van der Waals surface area contributed by atoms with Crippen LogP contribution in [0.4, 0.5) is 11.4 Å². The fourth-order valence-corrected chi connectivity index (χ4v) is 4.85. The van der Waals surface area contributed by atoms with Gasteiger partial charge >= 0.3 is 0 Å². The van der Waals surface area contributed by atoms with E-state index in [1.54, 1.807) is 0 Å². The predicted octanol–water partition coefficient (Wildman–Crippen LogP) is 4.62. The molecule has 2 aromatic carbocycles. The molecule has 0 spiro atoms. The van der Waals surface area contributed by atoms with Gasteiger partial charge in [-0.05, 0) is 41.8 Å². The average Bonchev–Trinajstić information content (AvgIpc) is 2.72. The molecular weight excluding hydrogens is 358 g/mol. The minimum atomic E-state index is -0.721. The van der Waals surface area contributed by atoms with Crippen LogP contribution in [0.25, 0.3) is 0 Å². The van der Waals surface area contributed by atoms with Crippen molar-refractivity contribution in [1.82, 2.24) is 5.32 Å². The Morgan fingerprint density at radius 3 is 1.38 bits per heavy atom. The summed E-state index contributed by atoms with van der Waals surface area (Å²) in [7, 11) is 8.23. The Labute approximate surface area is 176 Å². The maximum Gasteiger partial charge on any atom is 0.0732 e. The molecule has 1 fully saturated rings. The molecule has 0 aliphatic carbocycles. The molecule has 4 nitrogen and oxygen atoms in total. The molecule has 2 aromatic rings. The lowest BCUT2D eigenvalue weighted by Crippen LogP contribution is -2.57. The molecule has 0 bridgehead atoms. The number of piperidine rings is 1. The molecule has 4 heteroatoms. The summed E-state index contributed by atoms with van der Waals surface area (Å²) in [5, 5.41) is 15.6. The summed E-state index contributed by atoms with van der Waals surface area (Å²) >= 11 is 0. The van der Waals surface area contributed by atoms with Gasteiger partial charge in [0.2, 0.25) is 0 Å². The van der Waals surface area contributed by atoms with E-state index in [0.29, 0.717) is 0 Å². The molecule has 0 amide bonds. The van der Waals surface area contributed by atoms with Gasteiger partial charge in [-0.25, -0.2) is 0 Å². The highest BCUT2D eigenvalue weighted by atomic mass is 16.3. The quantitative estimate of drug-likeness (QED) is 0.775. The van der Waals surface area contributed by atoms with Gasteiger partial charge in [0.15, 0.2) is 0 Å². The second kappa shape index (κ2) is 8.37. The highest BCUT2D eigenvalue weighted by Crippen LogP contribution is 2.48. The van der Waals surface area contributed by atoms with Crippen LogP contribution < -0.4 is 15.1 Å². The van der Waals surface area contributed by atoms with E-state index in [1.165, 1.54) is 22.5 Å². The van der Waals surface area contributed by atoms with Gasteiger partial charge in [0.1, 0.15) is 0 Å². The zero-order valence-corrected chi connectivity index (χ0v) is 19.0. The van der Waals surface area contributed by atoms with Crippen molar-refractivity contribution < 1.29 is 5.11 Å². The van der Waals surface area contributed by atoms with E-state index in [-0.39, 0.29) is 23.9 Å². The van der Waals surface area contributed by atoms with Gasteiger partial charge in [0, 0.05) is 63.5 Å². The van der Waals surface area contributed by atoms with Gasteiger partial charge in [0.25, 0.3) is 0 Å². The van der Waals surface area contributed by atoms with Crippen molar-refractivity contribution in [3.8, 4) is 0 Å². The van der Waals surface area contributed by atoms with Crippen molar-refractivity contribution in [3.05, 3.63) is 59.7 Å². The largest absolute Gasteiger partial charge is 0.389 e. The second-order valence-electron chi connectivity index (χ2n) is 9.02. The van der Waals surface area contributed by atoms with E-state index in [2.05, 4.69) is 113 Å². The van der Waals surface area contributed by atoms with Gasteiger partial charge in [-0.15, -0.1) is 0 Å². The summed E-state index contributed by atoms with van der Waals surface area (Å²) in [5.74, 6) is 0.231. The molecule has 0 radical (unpaired) electrons. The number of benzene rings is 2. The smallest absolute Gasteiger partial charge is 0.0732 e. The van der Waals surface area contributed by atoms with E-state index < -0.39 is 5.60 Å². The molecule has 0 aromatic heterocycles. The van der Waals surface area contributed by atoms with E-state index >= 15 is 0 Å². The molecule has 29 heavy (non-hydrogen) atoms. The molecule has 1 saturated heterocycles. The first-order valence-corrected chi connectivity index (χ1v) is 10.7. The number of rotatable bonds is 5. The Morgan fingerprint density at radius 1 is 0.759 bits per heavy atom. The average molecular weight is 396 g/mol. The van der Waals surface area contributed by atoms with Gasteiger partial charge in [0.05, 0.1) is 5.60 Å². The van der Waals surface area contributed by atoms with Crippen LogP contribution in [-0.2, 0) is 0 Å². The first-order valence-electron chi connectivity index (χ1n) is 10.7.